The fourth-order valence-corrected chi connectivity index (χ4v) is 3.22. The van der Waals surface area contributed by atoms with Crippen LogP contribution in [-0.4, -0.2) is 28.0 Å². The lowest BCUT2D eigenvalue weighted by Gasteiger charge is -2.11. The SMILES string of the molecule is CNS(=O)(=O)c1cc(NC(=O)COc2ccc(C)c(C)c2)ccc1C. The third kappa shape index (κ3) is 4.80. The summed E-state index contributed by atoms with van der Waals surface area (Å²) >= 11 is 0. The molecule has 2 aromatic rings. The number of rotatable bonds is 6. The Morgan fingerprint density at radius 3 is 2.32 bits per heavy atom. The van der Waals surface area contributed by atoms with Gasteiger partial charge in [-0.3, -0.25) is 4.79 Å². The van der Waals surface area contributed by atoms with Crippen molar-refractivity contribution in [3.05, 3.63) is 53.1 Å². The minimum atomic E-state index is -3.58. The van der Waals surface area contributed by atoms with Gasteiger partial charge in [0.1, 0.15) is 5.75 Å². The molecule has 0 atom stereocenters. The van der Waals surface area contributed by atoms with Gasteiger partial charge in [-0.25, -0.2) is 13.1 Å². The number of hydrogen-bond acceptors (Lipinski definition) is 4. The fraction of sp³-hybridized carbons (Fsp3) is 0.278. The van der Waals surface area contributed by atoms with E-state index in [2.05, 4.69) is 10.0 Å². The number of anilines is 1. The predicted molar refractivity (Wildman–Crippen MR) is 97.5 cm³/mol. The Labute approximate surface area is 148 Å². The standard InChI is InChI=1S/C18H22N2O4S/c1-12-6-8-16(9-14(12)3)24-11-18(21)20-15-7-5-13(2)17(10-15)25(22,23)19-4/h5-10,19H,11H2,1-4H3,(H,20,21). The minimum Gasteiger partial charge on any atom is -0.484 e. The highest BCUT2D eigenvalue weighted by molar-refractivity contribution is 7.89. The van der Waals surface area contributed by atoms with Crippen LogP contribution in [0.3, 0.4) is 0 Å². The number of aryl methyl sites for hydroxylation is 3. The maximum atomic E-state index is 12.1. The molecule has 0 saturated carbocycles. The zero-order chi connectivity index (χ0) is 18.6. The number of nitrogens with one attached hydrogen (secondary N) is 2. The van der Waals surface area contributed by atoms with Crippen LogP contribution < -0.4 is 14.8 Å². The lowest BCUT2D eigenvalue weighted by Crippen LogP contribution is -2.22. The summed E-state index contributed by atoms with van der Waals surface area (Å²) in [5, 5.41) is 2.65. The molecule has 0 unspecified atom stereocenters. The van der Waals surface area contributed by atoms with Crippen molar-refractivity contribution in [3.63, 3.8) is 0 Å². The molecule has 134 valence electrons. The molecule has 0 aliphatic rings. The maximum absolute atomic E-state index is 12.1. The van der Waals surface area contributed by atoms with Gasteiger partial charge in [0.2, 0.25) is 10.0 Å². The van der Waals surface area contributed by atoms with E-state index < -0.39 is 10.0 Å². The van der Waals surface area contributed by atoms with Crippen LogP contribution in [0.5, 0.6) is 5.75 Å². The lowest BCUT2D eigenvalue weighted by atomic mass is 10.1. The van der Waals surface area contributed by atoms with E-state index in [1.807, 2.05) is 26.0 Å². The van der Waals surface area contributed by atoms with E-state index in [0.717, 1.165) is 11.1 Å². The van der Waals surface area contributed by atoms with Crippen LogP contribution in [0.4, 0.5) is 5.69 Å². The van der Waals surface area contributed by atoms with Crippen molar-refractivity contribution in [3.8, 4) is 5.75 Å². The first-order chi connectivity index (χ1) is 11.7. The van der Waals surface area contributed by atoms with Crippen LogP contribution in [0.2, 0.25) is 0 Å². The summed E-state index contributed by atoms with van der Waals surface area (Å²) in [4.78, 5) is 12.2. The number of ether oxygens (including phenoxy) is 1. The summed E-state index contributed by atoms with van der Waals surface area (Å²) in [6.45, 7) is 5.50. The van der Waals surface area contributed by atoms with Gasteiger partial charge in [-0.15, -0.1) is 0 Å². The monoisotopic (exact) mass is 362 g/mol. The number of sulfonamides is 1. The number of carbonyl (C=O) groups excluding carboxylic acids is 1. The predicted octanol–water partition coefficient (Wildman–Crippen LogP) is 2.54. The number of carbonyl (C=O) groups is 1. The largest absolute Gasteiger partial charge is 0.484 e. The molecule has 2 aromatic carbocycles. The van der Waals surface area contributed by atoms with Crippen LogP contribution in [0.1, 0.15) is 16.7 Å². The molecule has 6 nitrogen and oxygen atoms in total. The first-order valence-corrected chi connectivity index (χ1v) is 9.25. The maximum Gasteiger partial charge on any atom is 0.262 e. The fourth-order valence-electron chi connectivity index (χ4n) is 2.23. The van der Waals surface area contributed by atoms with Crippen molar-refractivity contribution in [2.24, 2.45) is 0 Å². The Morgan fingerprint density at radius 1 is 1.00 bits per heavy atom. The lowest BCUT2D eigenvalue weighted by molar-refractivity contribution is -0.118. The quantitative estimate of drug-likeness (QED) is 0.827. The highest BCUT2D eigenvalue weighted by Gasteiger charge is 2.16. The number of benzene rings is 2. The van der Waals surface area contributed by atoms with Gasteiger partial charge >= 0.3 is 0 Å². The average Bonchev–Trinajstić information content (AvgIpc) is 2.57. The van der Waals surface area contributed by atoms with Gasteiger partial charge in [-0.05, 0) is 68.8 Å². The van der Waals surface area contributed by atoms with Crippen LogP contribution in [0.25, 0.3) is 0 Å². The van der Waals surface area contributed by atoms with Gasteiger partial charge in [-0.1, -0.05) is 12.1 Å². The Kier molecular flexibility index (Phi) is 5.81. The van der Waals surface area contributed by atoms with E-state index in [-0.39, 0.29) is 17.4 Å². The second-order valence-corrected chi connectivity index (χ2v) is 7.63. The first kappa shape index (κ1) is 19.0. The zero-order valence-electron chi connectivity index (χ0n) is 14.7. The smallest absolute Gasteiger partial charge is 0.262 e. The van der Waals surface area contributed by atoms with Gasteiger partial charge in [0.25, 0.3) is 5.91 Å². The second kappa shape index (κ2) is 7.67. The van der Waals surface area contributed by atoms with E-state index in [0.29, 0.717) is 17.0 Å². The third-order valence-electron chi connectivity index (χ3n) is 3.88. The van der Waals surface area contributed by atoms with Gasteiger partial charge in [0.05, 0.1) is 4.90 Å². The normalized spacial score (nSPS) is 11.2. The molecule has 0 aromatic heterocycles. The number of amides is 1. The van der Waals surface area contributed by atoms with Crippen molar-refractivity contribution < 1.29 is 17.9 Å². The highest BCUT2D eigenvalue weighted by Crippen LogP contribution is 2.20. The summed E-state index contributed by atoms with van der Waals surface area (Å²) in [6.07, 6.45) is 0. The topological polar surface area (TPSA) is 84.5 Å². The summed E-state index contributed by atoms with van der Waals surface area (Å²) < 4.78 is 31.7. The Balaban J connectivity index is 2.05. The molecule has 1 amide bonds. The summed E-state index contributed by atoms with van der Waals surface area (Å²) in [6, 6.07) is 10.3. The van der Waals surface area contributed by atoms with Gasteiger partial charge in [0.15, 0.2) is 6.61 Å². The molecule has 2 rings (SSSR count). The third-order valence-corrected chi connectivity index (χ3v) is 5.43. The Morgan fingerprint density at radius 2 is 1.68 bits per heavy atom. The summed E-state index contributed by atoms with van der Waals surface area (Å²) in [5.41, 5.74) is 3.22. The molecule has 2 N–H and O–H groups in total. The van der Waals surface area contributed by atoms with Gasteiger partial charge in [0, 0.05) is 5.69 Å². The molecule has 0 saturated heterocycles. The first-order valence-electron chi connectivity index (χ1n) is 7.77. The Bertz CT molecular complexity index is 892. The molecule has 0 aliphatic carbocycles. The van der Waals surface area contributed by atoms with E-state index in [1.165, 1.54) is 13.1 Å². The molecule has 7 heteroatoms. The molecule has 0 bridgehead atoms. The molecule has 0 radical (unpaired) electrons. The molecular formula is C18H22N2O4S. The van der Waals surface area contributed by atoms with E-state index in [1.54, 1.807) is 25.1 Å². The van der Waals surface area contributed by atoms with Crippen molar-refractivity contribution in [2.45, 2.75) is 25.7 Å². The van der Waals surface area contributed by atoms with Crippen molar-refractivity contribution in [1.82, 2.24) is 4.72 Å². The molecule has 25 heavy (non-hydrogen) atoms. The van der Waals surface area contributed by atoms with Crippen molar-refractivity contribution in [2.75, 3.05) is 19.0 Å². The molecule has 0 heterocycles. The van der Waals surface area contributed by atoms with Crippen LogP contribution in [-0.2, 0) is 14.8 Å². The Hall–Kier alpha value is -2.38. The van der Waals surface area contributed by atoms with Gasteiger partial charge < -0.3 is 10.1 Å². The number of hydrogen-bond donors (Lipinski definition) is 2. The summed E-state index contributed by atoms with van der Waals surface area (Å²) in [7, 11) is -2.24. The van der Waals surface area contributed by atoms with E-state index >= 15 is 0 Å². The van der Waals surface area contributed by atoms with Crippen LogP contribution in [0.15, 0.2) is 41.3 Å². The minimum absolute atomic E-state index is 0.128. The molecule has 0 spiro atoms. The van der Waals surface area contributed by atoms with Crippen molar-refractivity contribution >= 4 is 21.6 Å². The zero-order valence-corrected chi connectivity index (χ0v) is 15.5. The summed E-state index contributed by atoms with van der Waals surface area (Å²) in [5.74, 6) is 0.246. The van der Waals surface area contributed by atoms with Crippen molar-refractivity contribution in [1.29, 1.82) is 0 Å². The molecule has 0 fully saturated rings. The molecule has 0 aliphatic heterocycles. The molecular weight excluding hydrogens is 340 g/mol. The van der Waals surface area contributed by atoms with Crippen LogP contribution >= 0.6 is 0 Å². The second-order valence-electron chi connectivity index (χ2n) is 5.77. The average molecular weight is 362 g/mol. The van der Waals surface area contributed by atoms with Gasteiger partial charge in [-0.2, -0.15) is 0 Å². The van der Waals surface area contributed by atoms with Crippen LogP contribution in [0, 0.1) is 20.8 Å². The highest BCUT2D eigenvalue weighted by atomic mass is 32.2. The van der Waals surface area contributed by atoms with E-state index in [4.69, 9.17) is 4.74 Å². The van der Waals surface area contributed by atoms with E-state index in [9.17, 15) is 13.2 Å².